The van der Waals surface area contributed by atoms with Crippen molar-refractivity contribution in [2.45, 2.75) is 26.4 Å². The van der Waals surface area contributed by atoms with E-state index in [0.29, 0.717) is 13.2 Å². The Labute approximate surface area is 97.0 Å². The minimum atomic E-state index is -0.489. The molecule has 0 aliphatic carbocycles. The smallest absolute Gasteiger partial charge is 0.111 e. The van der Waals surface area contributed by atoms with Crippen LogP contribution in [0, 0.1) is 6.92 Å². The monoisotopic (exact) mass is 278 g/mol. The number of thiophene rings is 1. The molecule has 0 radical (unpaired) electrons. The largest absolute Gasteiger partial charge is 0.385 e. The van der Waals surface area contributed by atoms with Crippen molar-refractivity contribution in [1.29, 1.82) is 0 Å². The van der Waals surface area contributed by atoms with E-state index >= 15 is 0 Å². The van der Waals surface area contributed by atoms with Gasteiger partial charge in [0.15, 0.2) is 0 Å². The van der Waals surface area contributed by atoms with Crippen LogP contribution >= 0.6 is 27.3 Å². The molecule has 0 saturated heterocycles. The minimum Gasteiger partial charge on any atom is -0.385 e. The number of rotatable bonds is 5. The maximum absolute atomic E-state index is 9.75. The first-order valence-corrected chi connectivity index (χ1v) is 6.27. The summed E-state index contributed by atoms with van der Waals surface area (Å²) in [5, 5.41) is 9.75. The van der Waals surface area contributed by atoms with E-state index in [0.717, 1.165) is 15.1 Å². The number of hydrogen-bond acceptors (Lipinski definition) is 3. The second-order valence-corrected chi connectivity index (χ2v) is 5.60. The predicted molar refractivity (Wildman–Crippen MR) is 62.8 cm³/mol. The zero-order chi connectivity index (χ0) is 10.6. The lowest BCUT2D eigenvalue weighted by molar-refractivity contribution is 0.0381. The van der Waals surface area contributed by atoms with E-state index in [4.69, 9.17) is 4.74 Å². The van der Waals surface area contributed by atoms with Crippen LogP contribution in [0.2, 0.25) is 0 Å². The summed E-state index contributed by atoms with van der Waals surface area (Å²) < 4.78 is 6.37. The molecule has 1 aromatic heterocycles. The molecule has 0 aliphatic heterocycles. The zero-order valence-corrected chi connectivity index (χ0v) is 10.8. The summed E-state index contributed by atoms with van der Waals surface area (Å²) >= 11 is 5.00. The summed E-state index contributed by atoms with van der Waals surface area (Å²) in [6, 6.07) is 1.99. The van der Waals surface area contributed by atoms with Gasteiger partial charge in [0.1, 0.15) is 6.10 Å². The predicted octanol–water partition coefficient (Wildman–Crippen LogP) is 3.28. The second-order valence-electron chi connectivity index (χ2n) is 3.20. The lowest BCUT2D eigenvalue weighted by Gasteiger charge is -2.08. The van der Waals surface area contributed by atoms with Crippen molar-refractivity contribution in [2.24, 2.45) is 0 Å². The van der Waals surface area contributed by atoms with E-state index in [9.17, 15) is 5.11 Å². The fraction of sp³-hybridized carbons (Fsp3) is 0.600. The molecule has 80 valence electrons. The Morgan fingerprint density at radius 1 is 1.64 bits per heavy atom. The summed E-state index contributed by atoms with van der Waals surface area (Å²) in [7, 11) is 0. The Morgan fingerprint density at radius 3 is 2.86 bits per heavy atom. The van der Waals surface area contributed by atoms with Crippen molar-refractivity contribution < 1.29 is 9.84 Å². The van der Waals surface area contributed by atoms with Crippen LogP contribution in [0.25, 0.3) is 0 Å². The number of ether oxygens (including phenoxy) is 1. The molecule has 0 bridgehead atoms. The van der Waals surface area contributed by atoms with Crippen LogP contribution in [0.4, 0.5) is 0 Å². The van der Waals surface area contributed by atoms with E-state index in [2.05, 4.69) is 22.9 Å². The molecule has 0 amide bonds. The topological polar surface area (TPSA) is 29.5 Å². The van der Waals surface area contributed by atoms with Gasteiger partial charge >= 0.3 is 0 Å². The quantitative estimate of drug-likeness (QED) is 0.838. The van der Waals surface area contributed by atoms with Crippen molar-refractivity contribution >= 4 is 27.3 Å². The average molecular weight is 279 g/mol. The van der Waals surface area contributed by atoms with Gasteiger partial charge in [-0.1, -0.05) is 6.92 Å². The van der Waals surface area contributed by atoms with Crippen LogP contribution in [0.5, 0.6) is 0 Å². The summed E-state index contributed by atoms with van der Waals surface area (Å²) in [5.74, 6) is 0. The third-order valence-electron chi connectivity index (χ3n) is 1.83. The molecule has 0 aliphatic rings. The van der Waals surface area contributed by atoms with Gasteiger partial charge in [0.25, 0.3) is 0 Å². The van der Waals surface area contributed by atoms with Gasteiger partial charge < -0.3 is 9.84 Å². The molecule has 1 unspecified atom stereocenters. The van der Waals surface area contributed by atoms with Gasteiger partial charge in [-0.15, -0.1) is 11.3 Å². The molecule has 1 N–H and O–H groups in total. The van der Waals surface area contributed by atoms with Gasteiger partial charge in [-0.25, -0.2) is 0 Å². The SMILES string of the molecule is CCCOCC(O)c1cc(C)c(Br)s1. The highest BCUT2D eigenvalue weighted by atomic mass is 79.9. The van der Waals surface area contributed by atoms with Crippen molar-refractivity contribution in [3.63, 3.8) is 0 Å². The van der Waals surface area contributed by atoms with Crippen molar-refractivity contribution in [2.75, 3.05) is 13.2 Å². The lowest BCUT2D eigenvalue weighted by atomic mass is 10.2. The molecule has 0 spiro atoms. The summed E-state index contributed by atoms with van der Waals surface area (Å²) in [6.45, 7) is 5.17. The van der Waals surface area contributed by atoms with E-state index in [1.165, 1.54) is 5.56 Å². The highest BCUT2D eigenvalue weighted by molar-refractivity contribution is 9.11. The Kier molecular flexibility index (Phi) is 5.09. The highest BCUT2D eigenvalue weighted by Gasteiger charge is 2.12. The molecule has 4 heteroatoms. The number of aryl methyl sites for hydroxylation is 1. The van der Waals surface area contributed by atoms with Crippen molar-refractivity contribution in [3.8, 4) is 0 Å². The fourth-order valence-electron chi connectivity index (χ4n) is 1.07. The van der Waals surface area contributed by atoms with Crippen molar-refractivity contribution in [3.05, 3.63) is 20.3 Å². The first kappa shape index (κ1) is 12.2. The molecule has 0 saturated carbocycles. The molecule has 1 aromatic rings. The van der Waals surface area contributed by atoms with Crippen LogP contribution in [-0.4, -0.2) is 18.3 Å². The van der Waals surface area contributed by atoms with Crippen LogP contribution < -0.4 is 0 Å². The number of halogens is 1. The lowest BCUT2D eigenvalue weighted by Crippen LogP contribution is -2.06. The van der Waals surface area contributed by atoms with Gasteiger partial charge in [-0.3, -0.25) is 0 Å². The van der Waals surface area contributed by atoms with Gasteiger partial charge in [0.2, 0.25) is 0 Å². The fourth-order valence-corrected chi connectivity index (χ4v) is 2.61. The average Bonchev–Trinajstić information content (AvgIpc) is 2.47. The zero-order valence-electron chi connectivity index (χ0n) is 8.42. The van der Waals surface area contributed by atoms with E-state index < -0.39 is 6.10 Å². The summed E-state index contributed by atoms with van der Waals surface area (Å²) in [4.78, 5) is 0.963. The van der Waals surface area contributed by atoms with Crippen LogP contribution in [-0.2, 0) is 4.74 Å². The number of aliphatic hydroxyl groups excluding tert-OH is 1. The first-order chi connectivity index (χ1) is 6.65. The van der Waals surface area contributed by atoms with Gasteiger partial charge in [0.05, 0.1) is 10.4 Å². The molecule has 2 nitrogen and oxygen atoms in total. The molecule has 0 aromatic carbocycles. The van der Waals surface area contributed by atoms with Gasteiger partial charge in [0, 0.05) is 11.5 Å². The normalized spacial score (nSPS) is 13.1. The van der Waals surface area contributed by atoms with Crippen LogP contribution in [0.1, 0.15) is 29.9 Å². The maximum Gasteiger partial charge on any atom is 0.111 e. The molecule has 1 rings (SSSR count). The van der Waals surface area contributed by atoms with E-state index in [1.54, 1.807) is 11.3 Å². The molecule has 14 heavy (non-hydrogen) atoms. The second kappa shape index (κ2) is 5.85. The summed E-state index contributed by atoms with van der Waals surface area (Å²) in [6.07, 6.45) is 0.497. The standard InChI is InChI=1S/C10H15BrO2S/c1-3-4-13-6-8(12)9-5-7(2)10(11)14-9/h5,8,12H,3-4,6H2,1-2H3. The third-order valence-corrected chi connectivity index (χ3v) is 4.07. The van der Waals surface area contributed by atoms with Crippen molar-refractivity contribution in [1.82, 2.24) is 0 Å². The number of aliphatic hydroxyl groups is 1. The molecular formula is C10H15BrO2S. The summed E-state index contributed by atoms with van der Waals surface area (Å²) in [5.41, 5.74) is 1.17. The Balaban J connectivity index is 2.47. The number of hydrogen-bond donors (Lipinski definition) is 1. The Hall–Kier alpha value is 0.1000. The minimum absolute atomic E-state index is 0.389. The first-order valence-electron chi connectivity index (χ1n) is 4.66. The molecular weight excluding hydrogens is 264 g/mol. The molecule has 1 atom stereocenters. The molecule has 1 heterocycles. The maximum atomic E-state index is 9.75. The highest BCUT2D eigenvalue weighted by Crippen LogP contribution is 2.31. The molecule has 0 fully saturated rings. The van der Waals surface area contributed by atoms with Gasteiger partial charge in [-0.05, 0) is 40.9 Å². The van der Waals surface area contributed by atoms with Crippen LogP contribution in [0.15, 0.2) is 9.85 Å². The van der Waals surface area contributed by atoms with Crippen LogP contribution in [0.3, 0.4) is 0 Å². The Bertz CT molecular complexity index is 266. The Morgan fingerprint density at radius 2 is 2.36 bits per heavy atom. The van der Waals surface area contributed by atoms with Gasteiger partial charge in [-0.2, -0.15) is 0 Å². The van der Waals surface area contributed by atoms with E-state index in [1.807, 2.05) is 13.0 Å². The third kappa shape index (κ3) is 3.35. The van der Waals surface area contributed by atoms with E-state index in [-0.39, 0.29) is 0 Å².